The average molecular weight is 266 g/mol. The molecule has 6 atom stereocenters. The molecule has 3 rings (SSSR count). The van der Waals surface area contributed by atoms with Gasteiger partial charge in [0.2, 0.25) is 0 Å². The second-order valence-corrected chi connectivity index (χ2v) is 6.84. The molecule has 1 N–H and O–H groups in total. The van der Waals surface area contributed by atoms with Crippen molar-refractivity contribution in [3.63, 3.8) is 0 Å². The van der Waals surface area contributed by atoms with E-state index in [9.17, 15) is 14.7 Å². The molecule has 3 aliphatic rings. The van der Waals surface area contributed by atoms with E-state index >= 15 is 0 Å². The molecular formula is C15H22O4. The summed E-state index contributed by atoms with van der Waals surface area (Å²) in [4.78, 5) is 24.3. The van der Waals surface area contributed by atoms with Crippen molar-refractivity contribution in [1.29, 1.82) is 0 Å². The lowest BCUT2D eigenvalue weighted by Gasteiger charge is -2.44. The van der Waals surface area contributed by atoms with Gasteiger partial charge in [0, 0.05) is 12.3 Å². The summed E-state index contributed by atoms with van der Waals surface area (Å²) in [5.74, 6) is -0.185. The highest BCUT2D eigenvalue weighted by molar-refractivity contribution is 5.90. The van der Waals surface area contributed by atoms with Crippen LogP contribution in [0.3, 0.4) is 0 Å². The zero-order valence-corrected chi connectivity index (χ0v) is 11.8. The smallest absolute Gasteiger partial charge is 0.309 e. The predicted octanol–water partition coefficient (Wildman–Crippen LogP) is 1.69. The van der Waals surface area contributed by atoms with E-state index in [4.69, 9.17) is 4.74 Å². The maximum absolute atomic E-state index is 12.4. The Balaban J connectivity index is 2.11. The summed E-state index contributed by atoms with van der Waals surface area (Å²) in [6.45, 7) is 5.71. The fraction of sp³-hybridized carbons (Fsp3) is 0.867. The number of carbonyl (C=O) groups is 2. The molecule has 0 bridgehead atoms. The van der Waals surface area contributed by atoms with Crippen LogP contribution in [0.25, 0.3) is 0 Å². The third kappa shape index (κ3) is 1.38. The summed E-state index contributed by atoms with van der Waals surface area (Å²) < 4.78 is 5.54. The Kier molecular flexibility index (Phi) is 2.63. The molecule has 0 unspecified atom stereocenters. The van der Waals surface area contributed by atoms with Gasteiger partial charge in [0.15, 0.2) is 0 Å². The molecule has 106 valence electrons. The first-order chi connectivity index (χ1) is 8.82. The van der Waals surface area contributed by atoms with Crippen LogP contribution in [0, 0.1) is 23.2 Å². The van der Waals surface area contributed by atoms with Gasteiger partial charge in [-0.15, -0.1) is 0 Å². The number of ketones is 1. The van der Waals surface area contributed by atoms with Gasteiger partial charge < -0.3 is 9.84 Å². The van der Waals surface area contributed by atoms with Gasteiger partial charge in [0.05, 0.1) is 16.9 Å². The van der Waals surface area contributed by atoms with E-state index < -0.39 is 17.1 Å². The summed E-state index contributed by atoms with van der Waals surface area (Å²) >= 11 is 0. The number of Topliss-reactive ketones (excluding diaryl/α,β-unsaturated/α-hetero) is 1. The molecule has 0 aromatic heterocycles. The van der Waals surface area contributed by atoms with Crippen molar-refractivity contribution < 1.29 is 19.4 Å². The van der Waals surface area contributed by atoms with Gasteiger partial charge in [0.1, 0.15) is 11.9 Å². The van der Waals surface area contributed by atoms with Crippen LogP contribution in [0.2, 0.25) is 0 Å². The van der Waals surface area contributed by atoms with Crippen molar-refractivity contribution >= 4 is 11.8 Å². The van der Waals surface area contributed by atoms with E-state index in [1.54, 1.807) is 0 Å². The highest BCUT2D eigenvalue weighted by Crippen LogP contribution is 2.58. The molecule has 2 aliphatic carbocycles. The minimum Gasteiger partial charge on any atom is -0.461 e. The molecule has 0 radical (unpaired) electrons. The Morgan fingerprint density at radius 2 is 1.95 bits per heavy atom. The van der Waals surface area contributed by atoms with Crippen LogP contribution in [-0.4, -0.2) is 28.6 Å². The fourth-order valence-corrected chi connectivity index (χ4v) is 4.61. The molecular weight excluding hydrogens is 244 g/mol. The highest BCUT2D eigenvalue weighted by atomic mass is 16.6. The lowest BCUT2D eigenvalue weighted by Crippen LogP contribution is -2.56. The fourth-order valence-electron chi connectivity index (χ4n) is 4.61. The molecule has 4 nitrogen and oxygen atoms in total. The molecule has 4 heteroatoms. The highest BCUT2D eigenvalue weighted by Gasteiger charge is 2.68. The molecule has 0 spiro atoms. The lowest BCUT2D eigenvalue weighted by atomic mass is 9.65. The van der Waals surface area contributed by atoms with Crippen molar-refractivity contribution in [3.05, 3.63) is 0 Å². The molecule has 19 heavy (non-hydrogen) atoms. The Labute approximate surface area is 113 Å². The monoisotopic (exact) mass is 266 g/mol. The Morgan fingerprint density at radius 1 is 1.26 bits per heavy atom. The van der Waals surface area contributed by atoms with Gasteiger partial charge in [-0.1, -0.05) is 13.8 Å². The summed E-state index contributed by atoms with van der Waals surface area (Å²) in [5.41, 5.74) is -1.94. The van der Waals surface area contributed by atoms with Gasteiger partial charge in [-0.3, -0.25) is 9.59 Å². The molecule has 0 amide bonds. The number of ether oxygens (including phenoxy) is 1. The normalized spacial score (nSPS) is 53.5. The maximum Gasteiger partial charge on any atom is 0.309 e. The van der Waals surface area contributed by atoms with Crippen LogP contribution in [0.15, 0.2) is 0 Å². The number of rotatable bonds is 0. The van der Waals surface area contributed by atoms with Crippen LogP contribution < -0.4 is 0 Å². The van der Waals surface area contributed by atoms with Crippen LogP contribution in [0.5, 0.6) is 0 Å². The van der Waals surface area contributed by atoms with Crippen LogP contribution >= 0.6 is 0 Å². The number of esters is 1. The Hall–Kier alpha value is -0.900. The molecule has 0 aromatic carbocycles. The molecule has 0 aromatic rings. The van der Waals surface area contributed by atoms with Gasteiger partial charge in [-0.2, -0.15) is 0 Å². The van der Waals surface area contributed by atoms with Crippen LogP contribution in [-0.2, 0) is 14.3 Å². The number of hydrogen-bond acceptors (Lipinski definition) is 4. The van der Waals surface area contributed by atoms with E-state index in [-0.39, 0.29) is 29.5 Å². The summed E-state index contributed by atoms with van der Waals surface area (Å²) in [6.07, 6.45) is 2.15. The summed E-state index contributed by atoms with van der Waals surface area (Å²) in [6, 6.07) is 0. The van der Waals surface area contributed by atoms with E-state index in [0.717, 1.165) is 12.8 Å². The first-order valence-corrected chi connectivity index (χ1v) is 7.28. The number of fused-ring (bicyclic) bond motifs is 3. The minimum atomic E-state index is -1.02. The van der Waals surface area contributed by atoms with Crippen LogP contribution in [0.1, 0.15) is 46.5 Å². The topological polar surface area (TPSA) is 63.6 Å². The zero-order valence-electron chi connectivity index (χ0n) is 11.8. The van der Waals surface area contributed by atoms with E-state index in [1.165, 1.54) is 0 Å². The Bertz CT molecular complexity index is 445. The first kappa shape index (κ1) is 13.1. The van der Waals surface area contributed by atoms with E-state index in [1.807, 2.05) is 20.8 Å². The SMILES string of the molecule is C[C@H]1C(=O)O[C@@H]2[C@H]1CC[C@H](C)[C@]1(O)CCC(=O)[C@@]21C. The number of carbonyl (C=O) groups excluding carboxylic acids is 2. The quantitative estimate of drug-likeness (QED) is 0.678. The van der Waals surface area contributed by atoms with Crippen molar-refractivity contribution in [2.24, 2.45) is 23.2 Å². The molecule has 1 aliphatic heterocycles. The summed E-state index contributed by atoms with van der Waals surface area (Å²) in [7, 11) is 0. The largest absolute Gasteiger partial charge is 0.461 e. The Morgan fingerprint density at radius 3 is 2.63 bits per heavy atom. The molecule has 2 saturated carbocycles. The summed E-state index contributed by atoms with van der Waals surface area (Å²) in [5, 5.41) is 11.1. The first-order valence-electron chi connectivity index (χ1n) is 7.28. The van der Waals surface area contributed by atoms with Gasteiger partial charge in [-0.25, -0.2) is 0 Å². The maximum atomic E-state index is 12.4. The van der Waals surface area contributed by atoms with Crippen molar-refractivity contribution in [3.8, 4) is 0 Å². The van der Waals surface area contributed by atoms with Crippen molar-refractivity contribution in [2.75, 3.05) is 0 Å². The van der Waals surface area contributed by atoms with E-state index in [2.05, 4.69) is 0 Å². The second kappa shape index (κ2) is 3.81. The van der Waals surface area contributed by atoms with Crippen molar-refractivity contribution in [1.82, 2.24) is 0 Å². The predicted molar refractivity (Wildman–Crippen MR) is 68.2 cm³/mol. The third-order valence-corrected chi connectivity index (χ3v) is 6.18. The average Bonchev–Trinajstić information content (AvgIpc) is 2.76. The van der Waals surface area contributed by atoms with Gasteiger partial charge in [0.25, 0.3) is 0 Å². The van der Waals surface area contributed by atoms with Gasteiger partial charge in [-0.05, 0) is 32.1 Å². The minimum absolute atomic E-state index is 0.0562. The second-order valence-electron chi connectivity index (χ2n) is 6.84. The van der Waals surface area contributed by atoms with Crippen LogP contribution in [0.4, 0.5) is 0 Å². The molecule has 1 saturated heterocycles. The zero-order chi connectivity index (χ0) is 14.0. The standard InChI is InChI=1S/C15H22O4/c1-8-4-5-10-9(2)13(17)19-12(10)14(3)11(16)6-7-15(8,14)18/h8-10,12,18H,4-7H2,1-3H3/t8-,9+,10-,12+,14-,15+/m0/s1. The van der Waals surface area contributed by atoms with Crippen molar-refractivity contribution in [2.45, 2.75) is 58.2 Å². The number of aliphatic hydroxyl groups is 1. The number of hydrogen-bond donors (Lipinski definition) is 1. The van der Waals surface area contributed by atoms with E-state index in [0.29, 0.717) is 12.8 Å². The van der Waals surface area contributed by atoms with Gasteiger partial charge >= 0.3 is 5.97 Å². The molecule has 1 heterocycles. The third-order valence-electron chi connectivity index (χ3n) is 6.18. The lowest BCUT2D eigenvalue weighted by molar-refractivity contribution is -0.171. The molecule has 3 fully saturated rings.